The Bertz CT molecular complexity index is 502. The predicted octanol–water partition coefficient (Wildman–Crippen LogP) is 2.35. The van der Waals surface area contributed by atoms with Crippen molar-refractivity contribution in [2.45, 2.75) is 44.1 Å². The lowest BCUT2D eigenvalue weighted by Crippen LogP contribution is -2.56. The van der Waals surface area contributed by atoms with Crippen LogP contribution in [-0.4, -0.2) is 24.9 Å². The van der Waals surface area contributed by atoms with Crippen molar-refractivity contribution in [1.29, 1.82) is 0 Å². The van der Waals surface area contributed by atoms with E-state index in [-0.39, 0.29) is 16.9 Å². The standard InChI is InChI=1S/C16H23NO2/c1-15-6-5-14(17)16(9-15,10-19-2)8-11-3-4-12(18)7-13(11)15/h3-4,7,14,18H,5-6,8-10,17H2,1-2H3/t14-,15-,16-/m1/s1. The first-order chi connectivity index (χ1) is 8.99. The lowest BCUT2D eigenvalue weighted by Gasteiger charge is -2.54. The number of rotatable bonds is 2. The van der Waals surface area contributed by atoms with E-state index in [1.54, 1.807) is 13.2 Å². The Balaban J connectivity index is 2.11. The third-order valence-electron chi connectivity index (χ3n) is 5.25. The molecule has 0 spiro atoms. The van der Waals surface area contributed by atoms with E-state index in [1.165, 1.54) is 11.1 Å². The van der Waals surface area contributed by atoms with Gasteiger partial charge in [-0.25, -0.2) is 0 Å². The van der Waals surface area contributed by atoms with Crippen LogP contribution in [0, 0.1) is 5.41 Å². The van der Waals surface area contributed by atoms with E-state index in [2.05, 4.69) is 13.0 Å². The quantitative estimate of drug-likeness (QED) is 0.859. The van der Waals surface area contributed by atoms with Gasteiger partial charge < -0.3 is 15.6 Å². The molecule has 0 unspecified atom stereocenters. The van der Waals surface area contributed by atoms with E-state index in [9.17, 15) is 5.11 Å². The molecule has 2 bridgehead atoms. The highest BCUT2D eigenvalue weighted by atomic mass is 16.5. The summed E-state index contributed by atoms with van der Waals surface area (Å²) in [6.07, 6.45) is 4.16. The largest absolute Gasteiger partial charge is 0.508 e. The third kappa shape index (κ3) is 1.87. The number of nitrogens with two attached hydrogens (primary N) is 1. The zero-order chi connectivity index (χ0) is 13.7. The van der Waals surface area contributed by atoms with Crippen LogP contribution in [0.1, 0.15) is 37.3 Å². The maximum absolute atomic E-state index is 9.77. The molecule has 3 atom stereocenters. The molecule has 0 saturated heterocycles. The van der Waals surface area contributed by atoms with Gasteiger partial charge in [-0.2, -0.15) is 0 Å². The molecule has 19 heavy (non-hydrogen) atoms. The SMILES string of the molecule is COC[C@]12Cc3ccc(O)cc3[C@](C)(CC[C@H]1N)C2. The Kier molecular flexibility index (Phi) is 2.88. The van der Waals surface area contributed by atoms with E-state index < -0.39 is 0 Å². The normalized spacial score (nSPS) is 36.9. The number of fused-ring (bicyclic) bond motifs is 4. The second-order valence-corrected chi connectivity index (χ2v) is 6.70. The number of benzene rings is 1. The summed E-state index contributed by atoms with van der Waals surface area (Å²) in [5.74, 6) is 0.370. The lowest BCUT2D eigenvalue weighted by molar-refractivity contribution is -0.00280. The van der Waals surface area contributed by atoms with Crippen molar-refractivity contribution in [2.75, 3.05) is 13.7 Å². The van der Waals surface area contributed by atoms with Crippen molar-refractivity contribution in [1.82, 2.24) is 0 Å². The van der Waals surface area contributed by atoms with E-state index >= 15 is 0 Å². The predicted molar refractivity (Wildman–Crippen MR) is 75.3 cm³/mol. The highest BCUT2D eigenvalue weighted by Gasteiger charge is 2.51. The first kappa shape index (κ1) is 12.9. The van der Waals surface area contributed by atoms with Gasteiger partial charge in [0.05, 0.1) is 6.61 Å². The molecule has 3 nitrogen and oxygen atoms in total. The fourth-order valence-corrected chi connectivity index (χ4v) is 4.36. The lowest BCUT2D eigenvalue weighted by atomic mass is 9.52. The molecule has 1 fully saturated rings. The average Bonchev–Trinajstić information content (AvgIpc) is 2.36. The third-order valence-corrected chi connectivity index (χ3v) is 5.25. The van der Waals surface area contributed by atoms with E-state index in [0.717, 1.165) is 32.3 Å². The maximum Gasteiger partial charge on any atom is 0.115 e. The van der Waals surface area contributed by atoms with Gasteiger partial charge in [0.1, 0.15) is 5.75 Å². The highest BCUT2D eigenvalue weighted by Crippen LogP contribution is 2.54. The number of ether oxygens (including phenoxy) is 1. The molecule has 104 valence electrons. The monoisotopic (exact) mass is 261 g/mol. The fraction of sp³-hybridized carbons (Fsp3) is 0.625. The van der Waals surface area contributed by atoms with Gasteiger partial charge in [0.25, 0.3) is 0 Å². The van der Waals surface area contributed by atoms with Crippen LogP contribution in [0.15, 0.2) is 18.2 Å². The smallest absolute Gasteiger partial charge is 0.115 e. The Hall–Kier alpha value is -1.06. The van der Waals surface area contributed by atoms with Gasteiger partial charge in [-0.15, -0.1) is 0 Å². The molecule has 1 aromatic rings. The van der Waals surface area contributed by atoms with Crippen molar-refractivity contribution >= 4 is 0 Å². The topological polar surface area (TPSA) is 55.5 Å². The summed E-state index contributed by atoms with van der Waals surface area (Å²) < 4.78 is 5.48. The van der Waals surface area contributed by atoms with Crippen molar-refractivity contribution in [2.24, 2.45) is 11.1 Å². The molecule has 0 radical (unpaired) electrons. The fourth-order valence-electron chi connectivity index (χ4n) is 4.36. The van der Waals surface area contributed by atoms with Crippen LogP contribution >= 0.6 is 0 Å². The van der Waals surface area contributed by atoms with Gasteiger partial charge in [0, 0.05) is 18.6 Å². The maximum atomic E-state index is 9.77. The molecule has 0 amide bonds. The van der Waals surface area contributed by atoms with Crippen molar-refractivity contribution in [3.05, 3.63) is 29.3 Å². The number of hydrogen-bond donors (Lipinski definition) is 2. The number of hydrogen-bond acceptors (Lipinski definition) is 3. The summed E-state index contributed by atoms with van der Waals surface area (Å²) in [6, 6.07) is 6.00. The minimum Gasteiger partial charge on any atom is -0.508 e. The molecule has 0 heterocycles. The second-order valence-electron chi connectivity index (χ2n) is 6.70. The first-order valence-corrected chi connectivity index (χ1v) is 7.06. The molecule has 0 aliphatic heterocycles. The van der Waals surface area contributed by atoms with Crippen molar-refractivity contribution in [3.63, 3.8) is 0 Å². The van der Waals surface area contributed by atoms with Crippen LogP contribution in [0.3, 0.4) is 0 Å². The summed E-state index contributed by atoms with van der Waals surface area (Å²) in [5.41, 5.74) is 9.25. The summed E-state index contributed by atoms with van der Waals surface area (Å²) in [5, 5.41) is 9.77. The van der Waals surface area contributed by atoms with Crippen molar-refractivity contribution in [3.8, 4) is 5.75 Å². The van der Waals surface area contributed by atoms with Crippen LogP contribution in [0.4, 0.5) is 0 Å². The minimum absolute atomic E-state index is 0.0612. The molecule has 3 N–H and O–H groups in total. The second kappa shape index (κ2) is 4.22. The number of phenols is 1. The number of methoxy groups -OCH3 is 1. The Labute approximate surface area is 114 Å². The van der Waals surface area contributed by atoms with Crippen LogP contribution in [0.2, 0.25) is 0 Å². The van der Waals surface area contributed by atoms with Gasteiger partial charge in [0.15, 0.2) is 0 Å². The van der Waals surface area contributed by atoms with Gasteiger partial charge in [0.2, 0.25) is 0 Å². The highest BCUT2D eigenvalue weighted by molar-refractivity contribution is 5.44. The average molecular weight is 261 g/mol. The molecule has 0 aromatic heterocycles. The Morgan fingerprint density at radius 1 is 1.47 bits per heavy atom. The van der Waals surface area contributed by atoms with E-state index in [1.807, 2.05) is 6.07 Å². The summed E-state index contributed by atoms with van der Waals surface area (Å²) >= 11 is 0. The summed E-state index contributed by atoms with van der Waals surface area (Å²) in [7, 11) is 1.76. The van der Waals surface area contributed by atoms with E-state index in [4.69, 9.17) is 10.5 Å². The van der Waals surface area contributed by atoms with Crippen LogP contribution in [0.25, 0.3) is 0 Å². The van der Waals surface area contributed by atoms with Crippen molar-refractivity contribution < 1.29 is 9.84 Å². The number of aromatic hydroxyl groups is 1. The van der Waals surface area contributed by atoms with Crippen LogP contribution in [-0.2, 0) is 16.6 Å². The van der Waals surface area contributed by atoms with Crippen LogP contribution < -0.4 is 5.73 Å². The molecule has 2 aliphatic rings. The first-order valence-electron chi connectivity index (χ1n) is 7.06. The Morgan fingerprint density at radius 2 is 2.26 bits per heavy atom. The van der Waals surface area contributed by atoms with Gasteiger partial charge in [-0.3, -0.25) is 0 Å². The van der Waals surface area contributed by atoms with Gasteiger partial charge in [-0.1, -0.05) is 13.0 Å². The zero-order valence-corrected chi connectivity index (χ0v) is 11.8. The van der Waals surface area contributed by atoms with E-state index in [0.29, 0.717) is 5.75 Å². The van der Waals surface area contributed by atoms with Gasteiger partial charge in [-0.05, 0) is 54.4 Å². The molecule has 3 rings (SSSR count). The molecular weight excluding hydrogens is 238 g/mol. The molecule has 2 aliphatic carbocycles. The summed E-state index contributed by atoms with van der Waals surface area (Å²) in [4.78, 5) is 0. The Morgan fingerprint density at radius 3 is 3.00 bits per heavy atom. The number of phenolic OH excluding ortho intramolecular Hbond substituents is 1. The summed E-state index contributed by atoms with van der Waals surface area (Å²) in [6.45, 7) is 3.03. The molecule has 1 aromatic carbocycles. The zero-order valence-electron chi connectivity index (χ0n) is 11.8. The minimum atomic E-state index is 0.0612. The molecule has 3 heteroatoms. The van der Waals surface area contributed by atoms with Crippen LogP contribution in [0.5, 0.6) is 5.75 Å². The van der Waals surface area contributed by atoms with Gasteiger partial charge >= 0.3 is 0 Å². The molecular formula is C16H23NO2. The molecule has 1 saturated carbocycles.